The van der Waals surface area contributed by atoms with E-state index >= 15 is 0 Å². The summed E-state index contributed by atoms with van der Waals surface area (Å²) in [5.41, 5.74) is 39.5. The lowest BCUT2D eigenvalue weighted by Gasteiger charge is -2.57. The zero-order chi connectivity index (χ0) is 38.2. The van der Waals surface area contributed by atoms with Crippen LogP contribution in [0.3, 0.4) is 0 Å². The van der Waals surface area contributed by atoms with Gasteiger partial charge in [-0.2, -0.15) is 0 Å². The van der Waals surface area contributed by atoms with Crippen LogP contribution in [0.15, 0.2) is 101 Å². The highest BCUT2D eigenvalue weighted by atomic mass is 16.3. The summed E-state index contributed by atoms with van der Waals surface area (Å²) >= 11 is 0. The summed E-state index contributed by atoms with van der Waals surface area (Å²) in [7, 11) is 0. The molecule has 4 aromatic carbocycles. The van der Waals surface area contributed by atoms with Crippen LogP contribution in [0.5, 0.6) is 0 Å². The van der Waals surface area contributed by atoms with Crippen molar-refractivity contribution in [2.45, 2.75) is 72.0 Å². The van der Waals surface area contributed by atoms with Crippen LogP contribution in [0, 0.1) is 40.9 Å². The number of benzene rings is 4. The number of fused-ring (bicyclic) bond motifs is 3. The van der Waals surface area contributed by atoms with Gasteiger partial charge in [0.1, 0.15) is 6.61 Å². The van der Waals surface area contributed by atoms with Gasteiger partial charge in [0.2, 0.25) is 0 Å². The number of Topliss-reactive ketones (excluding diaryl/α,β-unsaturated/α-hetero) is 1. The van der Waals surface area contributed by atoms with E-state index < -0.39 is 0 Å². The Kier molecular flexibility index (Phi) is 3.50. The molecule has 61 heavy (non-hydrogen) atoms. The van der Waals surface area contributed by atoms with Gasteiger partial charge in [-0.1, -0.05) is 78.9 Å². The summed E-state index contributed by atoms with van der Waals surface area (Å²) in [6, 6.07) is 12.1. The fraction of sp³-hybridized carbons (Fsp3) is 0.339. The molecule has 3 fully saturated rings. The summed E-state index contributed by atoms with van der Waals surface area (Å²) in [5, 5.41) is 13.7. The Morgan fingerprint density at radius 3 is 2.51 bits per heavy atom. The Labute approximate surface area is 351 Å². The number of allylic oxidation sites excluding steroid dienone is 16. The second-order valence-corrected chi connectivity index (χ2v) is 23.2. The number of aliphatic hydroxyl groups excluding tert-OH is 1. The van der Waals surface area contributed by atoms with E-state index in [4.69, 9.17) is 0 Å². The van der Waals surface area contributed by atoms with Gasteiger partial charge in [-0.3, -0.25) is 4.79 Å². The molecule has 2 heteroatoms. The van der Waals surface area contributed by atoms with Crippen LogP contribution in [0.25, 0.3) is 44.2 Å². The molecule has 284 valence electrons. The van der Waals surface area contributed by atoms with Gasteiger partial charge >= 0.3 is 0 Å². The highest BCUT2D eigenvalue weighted by Crippen LogP contribution is 3.02. The van der Waals surface area contributed by atoms with Crippen molar-refractivity contribution >= 4 is 38.8 Å². The molecule has 0 amide bonds. The molecule has 4 aromatic rings. The number of carbonyl (C=O) groups is 1. The fourth-order valence-electron chi connectivity index (χ4n) is 22.8. The van der Waals surface area contributed by atoms with E-state index in [1.54, 1.807) is 117 Å². The van der Waals surface area contributed by atoms with E-state index in [1.807, 2.05) is 22.3 Å². The van der Waals surface area contributed by atoms with Crippen LogP contribution in [0.2, 0.25) is 0 Å². The predicted octanol–water partition coefficient (Wildman–Crippen LogP) is 10.8. The van der Waals surface area contributed by atoms with E-state index in [2.05, 4.69) is 78.9 Å². The summed E-state index contributed by atoms with van der Waals surface area (Å²) in [6.45, 7) is -0.345. The number of hydrogen-bond donors (Lipinski definition) is 1. The molecule has 0 heterocycles. The normalized spacial score (nSPS) is 44.7. The molecule has 0 saturated heterocycles. The molecule has 1 N–H and O–H groups in total. The van der Waals surface area contributed by atoms with Gasteiger partial charge in [0.25, 0.3) is 0 Å². The van der Waals surface area contributed by atoms with E-state index in [0.29, 0.717) is 77.4 Å². The zero-order valence-electron chi connectivity index (χ0n) is 33.3. The summed E-state index contributed by atoms with van der Waals surface area (Å²) < 4.78 is 0. The molecule has 18 aliphatic carbocycles. The summed E-state index contributed by atoms with van der Waals surface area (Å²) in [5.74, 6) is 5.82. The summed E-state index contributed by atoms with van der Waals surface area (Å²) in [4.78, 5) is 13.3. The minimum Gasteiger partial charge on any atom is -0.389 e. The fourth-order valence-corrected chi connectivity index (χ4v) is 22.8. The van der Waals surface area contributed by atoms with Crippen LogP contribution in [-0.4, -0.2) is 17.5 Å². The third kappa shape index (κ3) is 1.98. The first kappa shape index (κ1) is 28.3. The lowest BCUT2D eigenvalue weighted by atomic mass is 9.45. The lowest BCUT2D eigenvalue weighted by Crippen LogP contribution is -2.44. The van der Waals surface area contributed by atoms with Crippen molar-refractivity contribution in [1.29, 1.82) is 0 Å². The van der Waals surface area contributed by atoms with Gasteiger partial charge in [-0.15, -0.1) is 0 Å². The number of ketones is 1. The highest BCUT2D eigenvalue weighted by molar-refractivity contribution is 6.24. The predicted molar refractivity (Wildman–Crippen MR) is 233 cm³/mol. The maximum absolute atomic E-state index is 13.3. The van der Waals surface area contributed by atoms with Crippen LogP contribution >= 0.6 is 0 Å². The van der Waals surface area contributed by atoms with Crippen molar-refractivity contribution in [3.8, 4) is 11.1 Å². The van der Waals surface area contributed by atoms with Crippen LogP contribution in [0.1, 0.15) is 134 Å². The molecule has 0 aliphatic heterocycles. The molecule has 3 saturated carbocycles. The molecule has 2 nitrogen and oxygen atoms in total. The van der Waals surface area contributed by atoms with Gasteiger partial charge in [-0.25, -0.2) is 0 Å². The zero-order valence-corrected chi connectivity index (χ0v) is 33.3. The van der Waals surface area contributed by atoms with Crippen LogP contribution in [-0.2, 0) is 15.6 Å². The maximum Gasteiger partial charge on any atom is 0.158 e. The van der Waals surface area contributed by atoms with Crippen LogP contribution < -0.4 is 0 Å². The maximum atomic E-state index is 13.3. The quantitative estimate of drug-likeness (QED) is 0.212. The Morgan fingerprint density at radius 2 is 1.59 bits per heavy atom. The average molecular weight is 777 g/mol. The Bertz CT molecular complexity index is 3680. The Balaban J connectivity index is 1.06. The van der Waals surface area contributed by atoms with Crippen molar-refractivity contribution in [3.05, 3.63) is 174 Å². The van der Waals surface area contributed by atoms with E-state index in [-0.39, 0.29) is 28.6 Å². The molecular weight excluding hydrogens is 741 g/mol. The van der Waals surface area contributed by atoms with Crippen molar-refractivity contribution in [3.63, 3.8) is 0 Å². The molecule has 0 bridgehead atoms. The molecule has 22 rings (SSSR count). The van der Waals surface area contributed by atoms with Gasteiger partial charge < -0.3 is 5.11 Å². The Morgan fingerprint density at radius 1 is 0.705 bits per heavy atom. The first-order chi connectivity index (χ1) is 30.2. The minimum atomic E-state index is -0.345. The van der Waals surface area contributed by atoms with Gasteiger partial charge in [0, 0.05) is 64.1 Å². The van der Waals surface area contributed by atoms with Gasteiger partial charge in [0.15, 0.2) is 5.78 Å². The van der Waals surface area contributed by atoms with Gasteiger partial charge in [0.05, 0.1) is 0 Å². The molecule has 15 atom stereocenters. The van der Waals surface area contributed by atoms with Crippen LogP contribution in [0.4, 0.5) is 0 Å². The molecule has 2 spiro atoms. The van der Waals surface area contributed by atoms with Crippen molar-refractivity contribution in [2.75, 3.05) is 6.61 Å². The topological polar surface area (TPSA) is 37.3 Å². The van der Waals surface area contributed by atoms with Gasteiger partial charge in [-0.05, 0) is 188 Å². The highest BCUT2D eigenvalue weighted by Gasteiger charge is 2.99. The average Bonchev–Trinajstić information content (AvgIpc) is 3.96. The molecular formula is C59H36O2. The third-order valence-electron chi connectivity index (χ3n) is 22.9. The van der Waals surface area contributed by atoms with E-state index in [1.165, 1.54) is 0 Å². The third-order valence-corrected chi connectivity index (χ3v) is 22.9. The monoisotopic (exact) mass is 776 g/mol. The number of rotatable bonds is 6. The number of hydrogen-bond acceptors (Lipinski definition) is 2. The van der Waals surface area contributed by atoms with E-state index in [0.717, 1.165) is 19.3 Å². The smallest absolute Gasteiger partial charge is 0.158 e. The Hall–Kier alpha value is -5.31. The standard InChI is InChI=1S/C59H36O2/c60-18-23(61)7-4-12-57(22-5-2-1-3-6-22)58-53-27-11-10-25-24-8-9-26-29-17-30-28-15-20-13-19-14-21-16-31(27)54(58)48-33(21)32(19)41-34(20)42-37(28)38(30)43-39(29)44-35(26)36(24)49(40(25)53)55-50(44)52-47(43)45(42)46(41)51(48)56(52)59(55,57)58/h1-3,5-6,8-11,13,15-17,20,26-27,29,31,34,38-40,43,53-54,60H,4,7,12,14,18H2. The number of aliphatic hydroxyl groups is 1. The van der Waals surface area contributed by atoms with E-state index in [9.17, 15) is 9.90 Å². The van der Waals surface area contributed by atoms with Crippen molar-refractivity contribution < 1.29 is 9.90 Å². The second kappa shape index (κ2) is 7.53. The second-order valence-electron chi connectivity index (χ2n) is 23.2. The SMILES string of the molecule is O=C(CO)CCCC1(c2ccccc2)C23c4c5c6c7c8c4C4C9=C8C=CC7C7C=C8C%10=CC%11C=C%12CC%13=CC%14C(C=C9)C4C12C%14c1c%13c%12c2c4c9c(c-5c3c14)C(C8C%10=C9C2%11)C67. The number of carbonyl (C=O) groups excluding carboxylic acids is 1. The lowest BCUT2D eigenvalue weighted by molar-refractivity contribution is -0.121. The van der Waals surface area contributed by atoms with Crippen molar-refractivity contribution in [2.24, 2.45) is 40.9 Å². The first-order valence-corrected chi connectivity index (χ1v) is 24.1. The minimum absolute atomic E-state index is 0.00259. The first-order valence-electron chi connectivity index (χ1n) is 24.1. The molecule has 15 unspecified atom stereocenters. The largest absolute Gasteiger partial charge is 0.389 e. The molecule has 0 aromatic heterocycles. The van der Waals surface area contributed by atoms with Crippen molar-refractivity contribution in [1.82, 2.24) is 0 Å². The molecule has 18 aliphatic rings. The summed E-state index contributed by atoms with van der Waals surface area (Å²) in [6.07, 6.45) is 25.6. The molecule has 0 radical (unpaired) electrons.